The Morgan fingerprint density at radius 1 is 1.00 bits per heavy atom. The third-order valence-corrected chi connectivity index (χ3v) is 6.35. The van der Waals surface area contributed by atoms with E-state index in [4.69, 9.17) is 9.90 Å². The molecule has 1 aliphatic carbocycles. The molecule has 1 saturated heterocycles. The van der Waals surface area contributed by atoms with Crippen LogP contribution < -0.4 is 10.6 Å². The minimum absolute atomic E-state index is 0.0526. The summed E-state index contributed by atoms with van der Waals surface area (Å²) in [5, 5.41) is 13.0. The molecule has 3 amide bonds. The smallest absolute Gasteiger partial charge is 0.475 e. The fourth-order valence-electron chi connectivity index (χ4n) is 4.28. The summed E-state index contributed by atoms with van der Waals surface area (Å²) in [6.45, 7) is 3.72. The van der Waals surface area contributed by atoms with Gasteiger partial charge < -0.3 is 20.6 Å². The van der Waals surface area contributed by atoms with E-state index in [2.05, 4.69) is 10.6 Å². The summed E-state index contributed by atoms with van der Waals surface area (Å²) >= 11 is 0. The summed E-state index contributed by atoms with van der Waals surface area (Å²) in [4.78, 5) is 47.7. The van der Waals surface area contributed by atoms with Crippen molar-refractivity contribution < 1.29 is 37.5 Å². The quantitative estimate of drug-likeness (QED) is 0.527. The number of hydrogen-bond donors (Lipinski definition) is 3. The first-order valence-electron chi connectivity index (χ1n) is 12.3. The van der Waals surface area contributed by atoms with Gasteiger partial charge in [-0.15, -0.1) is 0 Å². The molecule has 2 aliphatic rings. The standard InChI is InChI=1S/C23H33N3O3.C2HF3O2/c1-2-21(27)25-20-12-10-18(11-13-20)23(29)26-14-6-9-19(16-26)22(28)24-15-17-7-4-3-5-8-17;3-2(4,5)1(6)7/h10-13,17,19H,2-9,14-16H2,1H3,(H,24,28)(H,25,27);(H,6,7). The predicted octanol–water partition coefficient (Wildman–Crippen LogP) is 4.22. The van der Waals surface area contributed by atoms with Crippen LogP contribution in [0.5, 0.6) is 0 Å². The van der Waals surface area contributed by atoms with Crippen LogP contribution in [0.25, 0.3) is 0 Å². The maximum Gasteiger partial charge on any atom is 0.490 e. The number of aliphatic carboxylic acids is 1. The Bertz CT molecular complexity index is 899. The number of piperidine rings is 1. The SMILES string of the molecule is CCC(=O)Nc1ccc(C(=O)N2CCCC(C(=O)NCC3CCCCC3)C2)cc1.O=C(O)C(F)(F)F. The number of anilines is 1. The number of benzene rings is 1. The van der Waals surface area contributed by atoms with Crippen LogP contribution in [0.1, 0.15) is 68.6 Å². The zero-order chi connectivity index (χ0) is 26.7. The largest absolute Gasteiger partial charge is 0.490 e. The molecule has 0 aromatic heterocycles. The lowest BCUT2D eigenvalue weighted by molar-refractivity contribution is -0.192. The van der Waals surface area contributed by atoms with Gasteiger partial charge in [0.2, 0.25) is 11.8 Å². The fourth-order valence-corrected chi connectivity index (χ4v) is 4.28. The molecular weight excluding hydrogens is 479 g/mol. The molecule has 1 aromatic rings. The van der Waals surface area contributed by atoms with Crippen molar-refractivity contribution in [2.45, 2.75) is 64.5 Å². The Balaban J connectivity index is 0.000000572. The molecule has 11 heteroatoms. The summed E-state index contributed by atoms with van der Waals surface area (Å²) in [5.74, 6) is -2.29. The van der Waals surface area contributed by atoms with Crippen molar-refractivity contribution in [2.75, 3.05) is 25.0 Å². The number of hydrogen-bond acceptors (Lipinski definition) is 4. The normalized spacial score (nSPS) is 18.4. The van der Waals surface area contributed by atoms with E-state index in [-0.39, 0.29) is 23.6 Å². The maximum atomic E-state index is 12.9. The summed E-state index contributed by atoms with van der Waals surface area (Å²) in [6.07, 6.45) is 3.30. The highest BCUT2D eigenvalue weighted by Crippen LogP contribution is 2.24. The van der Waals surface area contributed by atoms with Crippen molar-refractivity contribution in [3.8, 4) is 0 Å². The first-order valence-corrected chi connectivity index (χ1v) is 12.3. The Kier molecular flexibility index (Phi) is 11.2. The molecule has 1 atom stereocenters. The number of carboxylic acid groups (broad SMARTS) is 1. The number of nitrogens with one attached hydrogen (secondary N) is 2. The van der Waals surface area contributed by atoms with Gasteiger partial charge in [-0.2, -0.15) is 13.2 Å². The second-order valence-corrected chi connectivity index (χ2v) is 9.12. The monoisotopic (exact) mass is 513 g/mol. The van der Waals surface area contributed by atoms with Gasteiger partial charge in [-0.1, -0.05) is 26.2 Å². The molecule has 3 rings (SSSR count). The third-order valence-electron chi connectivity index (χ3n) is 6.35. The van der Waals surface area contributed by atoms with Gasteiger partial charge in [0, 0.05) is 37.3 Å². The van der Waals surface area contributed by atoms with E-state index < -0.39 is 12.1 Å². The average Bonchev–Trinajstić information content (AvgIpc) is 2.87. The van der Waals surface area contributed by atoms with Gasteiger partial charge in [0.15, 0.2) is 0 Å². The van der Waals surface area contributed by atoms with Crippen molar-refractivity contribution in [1.82, 2.24) is 10.2 Å². The van der Waals surface area contributed by atoms with Gasteiger partial charge >= 0.3 is 12.1 Å². The minimum Gasteiger partial charge on any atom is -0.475 e. The van der Waals surface area contributed by atoms with Crippen molar-refractivity contribution in [3.05, 3.63) is 29.8 Å². The molecule has 1 heterocycles. The summed E-state index contributed by atoms with van der Waals surface area (Å²) in [5.41, 5.74) is 1.27. The summed E-state index contributed by atoms with van der Waals surface area (Å²) in [6, 6.07) is 6.97. The Morgan fingerprint density at radius 3 is 2.17 bits per heavy atom. The molecule has 36 heavy (non-hydrogen) atoms. The van der Waals surface area contributed by atoms with Crippen LogP contribution in [0.4, 0.5) is 18.9 Å². The Labute approximate surface area is 208 Å². The molecule has 1 aromatic carbocycles. The number of rotatable bonds is 6. The van der Waals surface area contributed by atoms with Crippen molar-refractivity contribution in [3.63, 3.8) is 0 Å². The molecule has 0 spiro atoms. The van der Waals surface area contributed by atoms with E-state index >= 15 is 0 Å². The highest BCUT2D eigenvalue weighted by atomic mass is 19.4. The van der Waals surface area contributed by atoms with Gasteiger partial charge in [0.25, 0.3) is 5.91 Å². The van der Waals surface area contributed by atoms with Gasteiger partial charge in [-0.3, -0.25) is 14.4 Å². The first-order chi connectivity index (χ1) is 17.0. The zero-order valence-electron chi connectivity index (χ0n) is 20.4. The van der Waals surface area contributed by atoms with Crippen LogP contribution in [-0.2, 0) is 14.4 Å². The zero-order valence-corrected chi connectivity index (χ0v) is 20.4. The van der Waals surface area contributed by atoms with E-state index in [1.807, 2.05) is 0 Å². The van der Waals surface area contributed by atoms with E-state index in [9.17, 15) is 27.6 Å². The van der Waals surface area contributed by atoms with Crippen LogP contribution in [0.15, 0.2) is 24.3 Å². The van der Waals surface area contributed by atoms with Crippen molar-refractivity contribution in [2.24, 2.45) is 11.8 Å². The van der Waals surface area contributed by atoms with Gasteiger partial charge in [0.1, 0.15) is 0 Å². The summed E-state index contributed by atoms with van der Waals surface area (Å²) in [7, 11) is 0. The van der Waals surface area contributed by atoms with Crippen LogP contribution in [-0.4, -0.2) is 59.5 Å². The molecule has 200 valence electrons. The van der Waals surface area contributed by atoms with E-state index in [0.29, 0.717) is 36.7 Å². The molecule has 1 aliphatic heterocycles. The fraction of sp³-hybridized carbons (Fsp3) is 0.600. The molecule has 3 N–H and O–H groups in total. The molecule has 2 fully saturated rings. The Hall–Kier alpha value is -3.11. The number of amides is 3. The number of carbonyl (C=O) groups is 4. The lowest BCUT2D eigenvalue weighted by Crippen LogP contribution is -2.46. The highest BCUT2D eigenvalue weighted by molar-refractivity contribution is 5.96. The van der Waals surface area contributed by atoms with Crippen molar-refractivity contribution in [1.29, 1.82) is 0 Å². The van der Waals surface area contributed by atoms with Crippen LogP contribution in [0.3, 0.4) is 0 Å². The highest BCUT2D eigenvalue weighted by Gasteiger charge is 2.38. The maximum absolute atomic E-state index is 12.9. The van der Waals surface area contributed by atoms with E-state index in [1.54, 1.807) is 36.1 Å². The van der Waals surface area contributed by atoms with Crippen LogP contribution >= 0.6 is 0 Å². The number of carboxylic acids is 1. The minimum atomic E-state index is -5.08. The number of likely N-dealkylation sites (tertiary alicyclic amines) is 1. The number of carbonyl (C=O) groups excluding carboxylic acids is 3. The molecule has 1 unspecified atom stereocenters. The number of alkyl halides is 3. The first kappa shape index (κ1) is 29.1. The topological polar surface area (TPSA) is 116 Å². The number of nitrogens with zero attached hydrogens (tertiary/aromatic N) is 1. The lowest BCUT2D eigenvalue weighted by atomic mass is 9.89. The van der Waals surface area contributed by atoms with Gasteiger partial charge in [-0.05, 0) is 55.9 Å². The van der Waals surface area contributed by atoms with E-state index in [0.717, 1.165) is 19.4 Å². The second-order valence-electron chi connectivity index (χ2n) is 9.12. The molecule has 8 nitrogen and oxygen atoms in total. The van der Waals surface area contributed by atoms with Gasteiger partial charge in [0.05, 0.1) is 5.92 Å². The molecule has 0 bridgehead atoms. The van der Waals surface area contributed by atoms with E-state index in [1.165, 1.54) is 32.1 Å². The van der Waals surface area contributed by atoms with Crippen LogP contribution in [0.2, 0.25) is 0 Å². The van der Waals surface area contributed by atoms with Gasteiger partial charge in [-0.25, -0.2) is 4.79 Å². The van der Waals surface area contributed by atoms with Crippen molar-refractivity contribution >= 4 is 29.4 Å². The Morgan fingerprint density at radius 2 is 1.61 bits per heavy atom. The third kappa shape index (κ3) is 9.50. The summed E-state index contributed by atoms with van der Waals surface area (Å²) < 4.78 is 31.7. The lowest BCUT2D eigenvalue weighted by Gasteiger charge is -2.32. The predicted molar refractivity (Wildman–Crippen MR) is 127 cm³/mol. The average molecular weight is 514 g/mol. The molecular formula is C25H34F3N3O5. The van der Waals surface area contributed by atoms with Crippen LogP contribution in [0, 0.1) is 11.8 Å². The second kappa shape index (κ2) is 13.8. The molecule has 0 radical (unpaired) electrons. The molecule has 1 saturated carbocycles. The number of halogens is 3.